The number of nitrogens with zero attached hydrogens (tertiary/aromatic N) is 3. The second-order valence-corrected chi connectivity index (χ2v) is 2.96. The Labute approximate surface area is 81.0 Å². The van der Waals surface area contributed by atoms with Gasteiger partial charge < -0.3 is 0 Å². The Bertz CT molecular complexity index is 435. The number of amidine groups is 1. The van der Waals surface area contributed by atoms with Crippen LogP contribution in [-0.2, 0) is 4.79 Å². The molecule has 0 saturated carbocycles. The Morgan fingerprint density at radius 2 is 2.29 bits per heavy atom. The summed E-state index contributed by atoms with van der Waals surface area (Å²) in [4.78, 5) is 19.3. The molecule has 0 radical (unpaired) electrons. The molecule has 0 fully saturated rings. The summed E-state index contributed by atoms with van der Waals surface area (Å²) in [5, 5.41) is 8.46. The van der Waals surface area contributed by atoms with E-state index in [1.807, 2.05) is 12.1 Å². The van der Waals surface area contributed by atoms with Crippen LogP contribution >= 0.6 is 0 Å². The number of fused-ring (bicyclic) bond motifs is 1. The number of hydrogen-bond donors (Lipinski definition) is 0. The van der Waals surface area contributed by atoms with Gasteiger partial charge in [-0.2, -0.15) is 10.3 Å². The maximum atomic E-state index is 11.5. The first-order valence-electron chi connectivity index (χ1n) is 4.23. The van der Waals surface area contributed by atoms with Gasteiger partial charge in [0.05, 0.1) is 18.2 Å². The average Bonchev–Trinajstić information content (AvgIpc) is 2.18. The van der Waals surface area contributed by atoms with Gasteiger partial charge in [0.15, 0.2) is 0 Å². The SMILES string of the molecule is N#CCC1=NC(=O)C2C=CC=CC2=N1. The quantitative estimate of drug-likeness (QED) is 0.612. The fraction of sp³-hybridized carbons (Fsp3) is 0.200. The number of carbonyl (C=O) groups excluding carboxylic acids is 1. The van der Waals surface area contributed by atoms with Gasteiger partial charge in [0.25, 0.3) is 5.91 Å². The molecule has 0 aromatic rings. The van der Waals surface area contributed by atoms with Gasteiger partial charge in [-0.1, -0.05) is 18.2 Å². The molecular formula is C10H7N3O. The Kier molecular flexibility index (Phi) is 2.07. The van der Waals surface area contributed by atoms with Crippen LogP contribution < -0.4 is 0 Å². The molecule has 0 aromatic heterocycles. The van der Waals surface area contributed by atoms with Gasteiger partial charge >= 0.3 is 0 Å². The van der Waals surface area contributed by atoms with E-state index >= 15 is 0 Å². The molecule has 0 aromatic carbocycles. The van der Waals surface area contributed by atoms with E-state index in [2.05, 4.69) is 9.98 Å². The third-order valence-corrected chi connectivity index (χ3v) is 2.00. The average molecular weight is 185 g/mol. The van der Waals surface area contributed by atoms with E-state index in [4.69, 9.17) is 5.26 Å². The van der Waals surface area contributed by atoms with Crippen LogP contribution in [0, 0.1) is 17.2 Å². The van der Waals surface area contributed by atoms with Crippen molar-refractivity contribution in [1.82, 2.24) is 0 Å². The lowest BCUT2D eigenvalue weighted by atomic mass is 9.96. The highest BCUT2D eigenvalue weighted by Gasteiger charge is 2.25. The molecule has 1 aliphatic carbocycles. The summed E-state index contributed by atoms with van der Waals surface area (Å²) in [6.45, 7) is 0. The summed E-state index contributed by atoms with van der Waals surface area (Å²) in [7, 11) is 0. The lowest BCUT2D eigenvalue weighted by Gasteiger charge is -2.16. The zero-order chi connectivity index (χ0) is 9.97. The van der Waals surface area contributed by atoms with Crippen molar-refractivity contribution in [3.63, 3.8) is 0 Å². The van der Waals surface area contributed by atoms with Gasteiger partial charge in [0.2, 0.25) is 0 Å². The van der Waals surface area contributed by atoms with Gasteiger partial charge in [-0.15, -0.1) is 0 Å². The summed E-state index contributed by atoms with van der Waals surface area (Å²) >= 11 is 0. The highest BCUT2D eigenvalue weighted by molar-refractivity contribution is 6.21. The van der Waals surface area contributed by atoms with E-state index < -0.39 is 0 Å². The predicted molar refractivity (Wildman–Crippen MR) is 51.9 cm³/mol. The third kappa shape index (κ3) is 1.40. The molecule has 1 amide bonds. The van der Waals surface area contributed by atoms with Gasteiger partial charge in [-0.3, -0.25) is 4.79 Å². The number of rotatable bonds is 1. The van der Waals surface area contributed by atoms with E-state index in [0.29, 0.717) is 11.5 Å². The number of allylic oxidation sites excluding steroid dienone is 3. The van der Waals surface area contributed by atoms with Crippen LogP contribution in [0.4, 0.5) is 0 Å². The second-order valence-electron chi connectivity index (χ2n) is 2.96. The molecule has 0 bridgehead atoms. The molecule has 0 spiro atoms. The van der Waals surface area contributed by atoms with E-state index in [1.165, 1.54) is 0 Å². The number of amides is 1. The minimum Gasteiger partial charge on any atom is -0.271 e. The molecule has 2 aliphatic rings. The highest BCUT2D eigenvalue weighted by atomic mass is 16.1. The zero-order valence-corrected chi connectivity index (χ0v) is 7.34. The van der Waals surface area contributed by atoms with E-state index in [9.17, 15) is 4.79 Å². The van der Waals surface area contributed by atoms with Crippen molar-refractivity contribution in [2.24, 2.45) is 15.9 Å². The van der Waals surface area contributed by atoms with Gasteiger partial charge in [0, 0.05) is 0 Å². The van der Waals surface area contributed by atoms with Crippen LogP contribution in [0.2, 0.25) is 0 Å². The summed E-state index contributed by atoms with van der Waals surface area (Å²) in [5.41, 5.74) is 0.678. The van der Waals surface area contributed by atoms with Crippen molar-refractivity contribution in [3.05, 3.63) is 24.3 Å². The normalized spacial score (nSPS) is 23.6. The van der Waals surface area contributed by atoms with Crippen molar-refractivity contribution in [2.75, 3.05) is 0 Å². The van der Waals surface area contributed by atoms with E-state index in [0.717, 1.165) is 0 Å². The number of aliphatic imine (C=N–C) groups is 2. The van der Waals surface area contributed by atoms with Crippen molar-refractivity contribution in [1.29, 1.82) is 5.26 Å². The van der Waals surface area contributed by atoms with Crippen LogP contribution in [-0.4, -0.2) is 17.5 Å². The van der Waals surface area contributed by atoms with E-state index in [1.54, 1.807) is 18.2 Å². The lowest BCUT2D eigenvalue weighted by molar-refractivity contribution is -0.118. The van der Waals surface area contributed by atoms with Crippen molar-refractivity contribution >= 4 is 17.5 Å². The molecule has 4 nitrogen and oxygen atoms in total. The van der Waals surface area contributed by atoms with Gasteiger partial charge in [0.1, 0.15) is 11.8 Å². The number of nitriles is 1. The van der Waals surface area contributed by atoms with Crippen molar-refractivity contribution in [2.45, 2.75) is 6.42 Å². The molecule has 1 atom stereocenters. The molecule has 14 heavy (non-hydrogen) atoms. The van der Waals surface area contributed by atoms with Crippen LogP contribution in [0.15, 0.2) is 34.3 Å². The summed E-state index contributed by atoms with van der Waals surface area (Å²) < 4.78 is 0. The van der Waals surface area contributed by atoms with Crippen molar-refractivity contribution in [3.8, 4) is 6.07 Å². The molecule has 1 aliphatic heterocycles. The van der Waals surface area contributed by atoms with Crippen LogP contribution in [0.25, 0.3) is 0 Å². The first kappa shape index (κ1) is 8.57. The molecule has 68 valence electrons. The fourth-order valence-corrected chi connectivity index (χ4v) is 1.37. The maximum absolute atomic E-state index is 11.5. The topological polar surface area (TPSA) is 65.6 Å². The first-order chi connectivity index (χ1) is 6.81. The lowest BCUT2D eigenvalue weighted by Crippen LogP contribution is -2.26. The first-order valence-corrected chi connectivity index (χ1v) is 4.23. The van der Waals surface area contributed by atoms with Crippen molar-refractivity contribution < 1.29 is 4.79 Å². The highest BCUT2D eigenvalue weighted by Crippen LogP contribution is 2.16. The smallest absolute Gasteiger partial charge is 0.260 e. The van der Waals surface area contributed by atoms with Crippen LogP contribution in [0.1, 0.15) is 6.42 Å². The minimum absolute atomic E-state index is 0.0829. The summed E-state index contributed by atoms with van der Waals surface area (Å²) in [5.74, 6) is -0.271. The number of carbonyl (C=O) groups is 1. The predicted octanol–water partition coefficient (Wildman–Crippen LogP) is 1.02. The fourth-order valence-electron chi connectivity index (χ4n) is 1.37. The Balaban J connectivity index is 2.34. The molecule has 1 unspecified atom stereocenters. The molecule has 1 heterocycles. The third-order valence-electron chi connectivity index (χ3n) is 2.00. The monoisotopic (exact) mass is 185 g/mol. The zero-order valence-electron chi connectivity index (χ0n) is 7.34. The Morgan fingerprint density at radius 1 is 1.43 bits per heavy atom. The molecule has 0 saturated heterocycles. The molecule has 0 N–H and O–H groups in total. The molecule has 4 heteroatoms. The number of hydrogen-bond acceptors (Lipinski definition) is 3. The summed E-state index contributed by atoms with van der Waals surface area (Å²) in [6.07, 6.45) is 7.23. The second kappa shape index (κ2) is 3.38. The van der Waals surface area contributed by atoms with E-state index in [-0.39, 0.29) is 18.2 Å². The molecular weight excluding hydrogens is 178 g/mol. The van der Waals surface area contributed by atoms with Crippen LogP contribution in [0.3, 0.4) is 0 Å². The Hall–Kier alpha value is -2.02. The molecule has 2 rings (SSSR count). The minimum atomic E-state index is -0.345. The standard InChI is InChI=1S/C10H7N3O/c11-6-5-9-12-8-4-2-1-3-7(8)10(14)13-9/h1-4,7H,5H2. The largest absolute Gasteiger partial charge is 0.271 e. The maximum Gasteiger partial charge on any atom is 0.260 e. The van der Waals surface area contributed by atoms with Gasteiger partial charge in [-0.25, -0.2) is 4.99 Å². The van der Waals surface area contributed by atoms with Gasteiger partial charge in [-0.05, 0) is 6.08 Å². The summed E-state index contributed by atoms with van der Waals surface area (Å²) in [6, 6.07) is 1.92. The Morgan fingerprint density at radius 3 is 3.07 bits per heavy atom. The van der Waals surface area contributed by atoms with Crippen LogP contribution in [0.5, 0.6) is 0 Å².